The number of rotatable bonds is 5. The van der Waals surface area contributed by atoms with Gasteiger partial charge < -0.3 is 19.9 Å². The Kier molecular flexibility index (Phi) is 5.66. The monoisotopic (exact) mass is 456 g/mol. The van der Waals surface area contributed by atoms with E-state index in [1.165, 1.54) is 18.4 Å². The number of fused-ring (bicyclic) bond motifs is 1. The van der Waals surface area contributed by atoms with Crippen LogP contribution < -0.4 is 19.9 Å². The van der Waals surface area contributed by atoms with Gasteiger partial charge in [0.2, 0.25) is 11.8 Å². The second-order valence-corrected chi connectivity index (χ2v) is 9.00. The Hall–Kier alpha value is -3.92. The Labute approximate surface area is 199 Å². The predicted octanol–water partition coefficient (Wildman–Crippen LogP) is 5.24. The fourth-order valence-electron chi connectivity index (χ4n) is 5.02. The van der Waals surface area contributed by atoms with Crippen molar-refractivity contribution in [1.82, 2.24) is 10.2 Å². The quantitative estimate of drug-likeness (QED) is 0.544. The third kappa shape index (κ3) is 3.75. The molecular weight excluding hydrogens is 428 g/mol. The van der Waals surface area contributed by atoms with Gasteiger partial charge in [-0.3, -0.25) is 5.10 Å². The van der Waals surface area contributed by atoms with Crippen molar-refractivity contribution in [3.05, 3.63) is 70.1 Å². The predicted molar refractivity (Wildman–Crippen MR) is 129 cm³/mol. The molecule has 0 unspecified atom stereocenters. The van der Waals surface area contributed by atoms with E-state index in [-0.39, 0.29) is 12.0 Å². The van der Waals surface area contributed by atoms with E-state index in [4.69, 9.17) is 19.9 Å². The van der Waals surface area contributed by atoms with Gasteiger partial charge in [0.15, 0.2) is 11.5 Å². The summed E-state index contributed by atoms with van der Waals surface area (Å²) in [4.78, 5) is 0. The van der Waals surface area contributed by atoms with Crippen LogP contribution in [0.1, 0.15) is 53.9 Å². The Morgan fingerprint density at radius 1 is 1.12 bits per heavy atom. The van der Waals surface area contributed by atoms with Crippen LogP contribution in [0.2, 0.25) is 0 Å². The normalized spacial score (nSPS) is 17.8. The highest BCUT2D eigenvalue weighted by atomic mass is 16.5. The highest BCUT2D eigenvalue weighted by Gasteiger charge is 2.36. The number of aromatic amines is 1. The number of nitriles is 1. The van der Waals surface area contributed by atoms with Crippen LogP contribution in [0.15, 0.2) is 47.9 Å². The van der Waals surface area contributed by atoms with E-state index < -0.39 is 5.92 Å². The smallest absolute Gasteiger partial charge is 0.244 e. The maximum absolute atomic E-state index is 10.0. The van der Waals surface area contributed by atoms with Crippen molar-refractivity contribution in [2.24, 2.45) is 5.73 Å². The molecule has 0 spiro atoms. The van der Waals surface area contributed by atoms with Crippen molar-refractivity contribution in [2.75, 3.05) is 7.11 Å². The molecule has 0 bridgehead atoms. The molecule has 1 atom stereocenters. The molecule has 3 N–H and O–H groups in total. The topological polar surface area (TPSA) is 106 Å². The van der Waals surface area contributed by atoms with Crippen LogP contribution in [-0.4, -0.2) is 23.4 Å². The van der Waals surface area contributed by atoms with Gasteiger partial charge in [-0.1, -0.05) is 29.8 Å². The maximum atomic E-state index is 10.0. The SMILES string of the molecule is COc1cc([C@H]2C(C#N)=C(N)Oc3n[nH]c(-c4ccc(C)cc4C)c32)ccc1OC1CCCC1. The number of hydrogen-bond acceptors (Lipinski definition) is 6. The summed E-state index contributed by atoms with van der Waals surface area (Å²) in [6, 6.07) is 14.3. The second kappa shape index (κ2) is 8.79. The molecule has 34 heavy (non-hydrogen) atoms. The molecule has 0 radical (unpaired) electrons. The minimum absolute atomic E-state index is 0.0592. The molecule has 1 aromatic heterocycles. The van der Waals surface area contributed by atoms with E-state index >= 15 is 0 Å². The number of ether oxygens (including phenoxy) is 3. The summed E-state index contributed by atoms with van der Waals surface area (Å²) in [5.74, 6) is 1.32. The average molecular weight is 457 g/mol. The summed E-state index contributed by atoms with van der Waals surface area (Å²) in [7, 11) is 1.63. The summed E-state index contributed by atoms with van der Waals surface area (Å²) < 4.78 is 17.7. The first-order chi connectivity index (χ1) is 16.5. The molecule has 2 heterocycles. The Morgan fingerprint density at radius 3 is 2.62 bits per heavy atom. The Morgan fingerprint density at radius 2 is 1.91 bits per heavy atom. The number of nitrogens with two attached hydrogens (primary N) is 1. The van der Waals surface area contributed by atoms with E-state index in [2.05, 4.69) is 48.3 Å². The van der Waals surface area contributed by atoms with Gasteiger partial charge >= 0.3 is 0 Å². The van der Waals surface area contributed by atoms with Crippen molar-refractivity contribution in [3.8, 4) is 34.7 Å². The molecule has 1 saturated carbocycles. The van der Waals surface area contributed by atoms with Gasteiger partial charge in [0.1, 0.15) is 11.6 Å². The molecular formula is C27H28N4O3. The zero-order chi connectivity index (χ0) is 23.8. The van der Waals surface area contributed by atoms with Crippen LogP contribution >= 0.6 is 0 Å². The van der Waals surface area contributed by atoms with Crippen molar-refractivity contribution < 1.29 is 14.2 Å². The number of nitrogens with zero attached hydrogens (tertiary/aromatic N) is 2. The molecule has 7 nitrogen and oxygen atoms in total. The first-order valence-electron chi connectivity index (χ1n) is 11.6. The molecule has 2 aliphatic rings. The van der Waals surface area contributed by atoms with Gasteiger partial charge in [-0.25, -0.2) is 0 Å². The van der Waals surface area contributed by atoms with Gasteiger partial charge in [0.25, 0.3) is 0 Å². The molecule has 1 fully saturated rings. The summed E-state index contributed by atoms with van der Waals surface area (Å²) >= 11 is 0. The molecule has 1 aliphatic carbocycles. The van der Waals surface area contributed by atoms with Crippen molar-refractivity contribution in [3.63, 3.8) is 0 Å². The first-order valence-corrected chi connectivity index (χ1v) is 11.6. The van der Waals surface area contributed by atoms with Crippen molar-refractivity contribution in [2.45, 2.75) is 51.6 Å². The number of methoxy groups -OCH3 is 1. The summed E-state index contributed by atoms with van der Waals surface area (Å²) in [6.07, 6.45) is 4.70. The zero-order valence-electron chi connectivity index (χ0n) is 19.6. The van der Waals surface area contributed by atoms with E-state index in [1.807, 2.05) is 18.2 Å². The van der Waals surface area contributed by atoms with Crippen LogP contribution in [0.25, 0.3) is 11.3 Å². The third-order valence-electron chi connectivity index (χ3n) is 6.71. The summed E-state index contributed by atoms with van der Waals surface area (Å²) in [5, 5.41) is 17.5. The fourth-order valence-corrected chi connectivity index (χ4v) is 5.02. The number of H-pyrrole nitrogens is 1. The summed E-state index contributed by atoms with van der Waals surface area (Å²) in [5.41, 5.74) is 12.2. The van der Waals surface area contributed by atoms with E-state index in [0.29, 0.717) is 23.0 Å². The standard InChI is InChI=1S/C27H28N4O3/c1-15-8-10-19(16(2)12-15)25-24-23(20(14-28)26(29)34-27(24)31-30-25)17-9-11-21(22(13-17)32-3)33-18-6-4-5-7-18/h8-13,18,23H,4-7,29H2,1-3H3,(H,30,31)/t23-/m0/s1. The lowest BCUT2D eigenvalue weighted by molar-refractivity contribution is 0.200. The van der Waals surface area contributed by atoms with Crippen molar-refractivity contribution in [1.29, 1.82) is 5.26 Å². The highest BCUT2D eigenvalue weighted by Crippen LogP contribution is 2.47. The maximum Gasteiger partial charge on any atom is 0.244 e. The van der Waals surface area contributed by atoms with Gasteiger partial charge in [0, 0.05) is 5.56 Å². The number of allylic oxidation sites excluding steroid dienone is 1. The summed E-state index contributed by atoms with van der Waals surface area (Å²) in [6.45, 7) is 4.12. The number of aromatic nitrogens is 2. The van der Waals surface area contributed by atoms with Crippen molar-refractivity contribution >= 4 is 0 Å². The molecule has 0 saturated heterocycles. The minimum Gasteiger partial charge on any atom is -0.493 e. The minimum atomic E-state index is -0.461. The molecule has 2 aromatic carbocycles. The largest absolute Gasteiger partial charge is 0.493 e. The molecule has 7 heteroatoms. The Bertz CT molecular complexity index is 1310. The third-order valence-corrected chi connectivity index (χ3v) is 6.71. The van der Waals surface area contributed by atoms with Crippen LogP contribution in [0.3, 0.4) is 0 Å². The number of aryl methyl sites for hydroxylation is 2. The lowest BCUT2D eigenvalue weighted by Crippen LogP contribution is -2.21. The van der Waals surface area contributed by atoms with Crippen LogP contribution in [-0.2, 0) is 0 Å². The van der Waals surface area contributed by atoms with Crippen LogP contribution in [0.5, 0.6) is 17.4 Å². The number of nitrogens with one attached hydrogen (secondary N) is 1. The molecule has 0 amide bonds. The zero-order valence-corrected chi connectivity index (χ0v) is 19.6. The van der Waals surface area contributed by atoms with Crippen LogP contribution in [0.4, 0.5) is 0 Å². The van der Waals surface area contributed by atoms with Gasteiger partial charge in [0.05, 0.1) is 30.4 Å². The number of benzene rings is 2. The van der Waals surface area contributed by atoms with Gasteiger partial charge in [-0.05, 0) is 62.8 Å². The van der Waals surface area contributed by atoms with Crippen LogP contribution in [0, 0.1) is 25.2 Å². The number of hydrogen-bond donors (Lipinski definition) is 2. The van der Waals surface area contributed by atoms with E-state index in [1.54, 1.807) is 7.11 Å². The fraction of sp³-hybridized carbons (Fsp3) is 0.333. The van der Waals surface area contributed by atoms with Gasteiger partial charge in [-0.2, -0.15) is 5.26 Å². The lowest BCUT2D eigenvalue weighted by atomic mass is 9.82. The van der Waals surface area contributed by atoms with Gasteiger partial charge in [-0.15, -0.1) is 5.10 Å². The molecule has 1 aliphatic heterocycles. The highest BCUT2D eigenvalue weighted by molar-refractivity contribution is 5.73. The molecule has 174 valence electrons. The lowest BCUT2D eigenvalue weighted by Gasteiger charge is -2.25. The second-order valence-electron chi connectivity index (χ2n) is 9.00. The van der Waals surface area contributed by atoms with E-state index in [9.17, 15) is 5.26 Å². The Balaban J connectivity index is 1.63. The average Bonchev–Trinajstić information content (AvgIpc) is 3.48. The van der Waals surface area contributed by atoms with E-state index in [0.717, 1.165) is 40.8 Å². The molecule has 3 aromatic rings. The first kappa shape index (κ1) is 21.9. The molecule has 5 rings (SSSR count).